The molecule has 35 heavy (non-hydrogen) atoms. The van der Waals surface area contributed by atoms with Crippen LogP contribution >= 0.6 is 0 Å². The first kappa shape index (κ1) is 23.2. The van der Waals surface area contributed by atoms with E-state index in [0.717, 1.165) is 36.2 Å². The molecule has 0 aliphatic carbocycles. The van der Waals surface area contributed by atoms with Crippen molar-refractivity contribution in [1.29, 1.82) is 0 Å². The Morgan fingerprint density at radius 3 is 2.49 bits per heavy atom. The van der Waals surface area contributed by atoms with E-state index in [4.69, 9.17) is 10.5 Å². The van der Waals surface area contributed by atoms with Crippen molar-refractivity contribution in [2.24, 2.45) is 0 Å². The Hall–Kier alpha value is -3.52. The van der Waals surface area contributed by atoms with Gasteiger partial charge in [-0.05, 0) is 49.5 Å². The number of unbranched alkanes of at least 4 members (excludes halogenated alkanes) is 1. The van der Waals surface area contributed by atoms with Crippen LogP contribution in [-0.2, 0) is 24.3 Å². The number of hydrogen-bond acceptors (Lipinski definition) is 7. The lowest BCUT2D eigenvalue weighted by Crippen LogP contribution is -2.27. The summed E-state index contributed by atoms with van der Waals surface area (Å²) in [6, 6.07) is 12.9. The number of nitrogens with zero attached hydrogens (tertiary/aromatic N) is 5. The molecule has 5 rings (SSSR count). The number of fused-ring (bicyclic) bond motifs is 1. The second kappa shape index (κ2) is 10.4. The van der Waals surface area contributed by atoms with Gasteiger partial charge in [-0.25, -0.2) is 0 Å². The van der Waals surface area contributed by atoms with Gasteiger partial charge in [-0.3, -0.25) is 19.6 Å². The summed E-state index contributed by atoms with van der Waals surface area (Å²) in [4.78, 5) is 30.2. The zero-order chi connectivity index (χ0) is 24.2. The second-order valence-electron chi connectivity index (χ2n) is 9.27. The fourth-order valence-electron chi connectivity index (χ4n) is 4.61. The van der Waals surface area contributed by atoms with Crippen LogP contribution in [0.4, 0.5) is 11.6 Å². The summed E-state index contributed by atoms with van der Waals surface area (Å²) in [7, 11) is 0. The molecule has 0 spiro atoms. The van der Waals surface area contributed by atoms with Crippen LogP contribution in [-0.4, -0.2) is 45.5 Å². The third kappa shape index (κ3) is 5.27. The Morgan fingerprint density at radius 1 is 1.00 bits per heavy atom. The third-order valence-corrected chi connectivity index (χ3v) is 6.65. The number of pyridine rings is 1. The molecule has 1 saturated heterocycles. The molecule has 4 heterocycles. The summed E-state index contributed by atoms with van der Waals surface area (Å²) in [5.74, 6) is 0.758. The van der Waals surface area contributed by atoms with Gasteiger partial charge in [-0.15, -0.1) is 0 Å². The minimum absolute atomic E-state index is 0.0637. The van der Waals surface area contributed by atoms with Crippen LogP contribution in [0.3, 0.4) is 0 Å². The van der Waals surface area contributed by atoms with Crippen LogP contribution in [0.5, 0.6) is 6.01 Å². The van der Waals surface area contributed by atoms with Crippen molar-refractivity contribution in [3.63, 3.8) is 0 Å². The first-order valence-electron chi connectivity index (χ1n) is 12.5. The zero-order valence-corrected chi connectivity index (χ0v) is 20.2. The maximum Gasteiger partial charge on any atom is 0.320 e. The van der Waals surface area contributed by atoms with Crippen molar-refractivity contribution in [2.45, 2.75) is 52.1 Å². The summed E-state index contributed by atoms with van der Waals surface area (Å²) < 4.78 is 5.64. The monoisotopic (exact) mass is 472 g/mol. The minimum Gasteiger partial charge on any atom is -0.463 e. The summed E-state index contributed by atoms with van der Waals surface area (Å²) in [5.41, 5.74) is 11.1. The van der Waals surface area contributed by atoms with Crippen molar-refractivity contribution in [2.75, 3.05) is 30.3 Å². The first-order valence-corrected chi connectivity index (χ1v) is 12.5. The number of amides is 1. The molecule has 2 N–H and O–H groups in total. The predicted octanol–water partition coefficient (Wildman–Crippen LogP) is 3.98. The van der Waals surface area contributed by atoms with E-state index in [1.165, 1.54) is 31.5 Å². The van der Waals surface area contributed by atoms with E-state index in [2.05, 4.69) is 51.0 Å². The zero-order valence-electron chi connectivity index (χ0n) is 20.2. The highest BCUT2D eigenvalue weighted by Crippen LogP contribution is 2.33. The Balaban J connectivity index is 1.27. The van der Waals surface area contributed by atoms with Crippen molar-refractivity contribution < 1.29 is 9.53 Å². The van der Waals surface area contributed by atoms with E-state index in [0.29, 0.717) is 30.4 Å². The molecular weight excluding hydrogens is 440 g/mol. The number of likely N-dealkylation sites (tertiary alicyclic amines) is 1. The van der Waals surface area contributed by atoms with Gasteiger partial charge in [0.15, 0.2) is 0 Å². The van der Waals surface area contributed by atoms with Gasteiger partial charge in [0, 0.05) is 23.9 Å². The van der Waals surface area contributed by atoms with Gasteiger partial charge in [-0.2, -0.15) is 9.97 Å². The minimum atomic E-state index is -0.0637. The SMILES string of the molecule is CCCCOc1nc(N)c2c(n1)N(Cc1ccc(-c3ccc(CN4CCCC4)cc3)cn1)C(=O)C2. The van der Waals surface area contributed by atoms with Gasteiger partial charge in [0.1, 0.15) is 11.6 Å². The number of nitrogens with two attached hydrogens (primary N) is 1. The molecule has 8 heteroatoms. The van der Waals surface area contributed by atoms with E-state index in [-0.39, 0.29) is 18.3 Å². The molecule has 1 fully saturated rings. The van der Waals surface area contributed by atoms with Gasteiger partial charge >= 0.3 is 6.01 Å². The highest BCUT2D eigenvalue weighted by Gasteiger charge is 2.32. The van der Waals surface area contributed by atoms with Gasteiger partial charge in [0.2, 0.25) is 5.91 Å². The summed E-state index contributed by atoms with van der Waals surface area (Å²) in [5, 5.41) is 0. The molecule has 0 unspecified atom stereocenters. The van der Waals surface area contributed by atoms with Crippen LogP contribution in [0.15, 0.2) is 42.6 Å². The summed E-state index contributed by atoms with van der Waals surface area (Å²) >= 11 is 0. The van der Waals surface area contributed by atoms with E-state index in [1.807, 2.05) is 18.3 Å². The molecular formula is C27H32N6O2. The quantitative estimate of drug-likeness (QED) is 0.470. The summed E-state index contributed by atoms with van der Waals surface area (Å²) in [6.45, 7) is 6.34. The molecule has 0 atom stereocenters. The van der Waals surface area contributed by atoms with Crippen molar-refractivity contribution >= 4 is 17.5 Å². The van der Waals surface area contributed by atoms with Crippen LogP contribution in [0, 0.1) is 0 Å². The van der Waals surface area contributed by atoms with Crippen LogP contribution in [0.2, 0.25) is 0 Å². The number of hydrogen-bond donors (Lipinski definition) is 1. The lowest BCUT2D eigenvalue weighted by atomic mass is 10.1. The standard InChI is InChI=1S/C27H32N6O2/c1-2-3-14-35-27-30-25(28)23-15-24(34)33(26(23)31-27)18-22-11-10-21(16-29-22)20-8-6-19(7-9-20)17-32-12-4-5-13-32/h6-11,16H,2-5,12-15,17-18H2,1H3,(H2,28,30,31). The Bertz CT molecular complexity index is 1170. The fraction of sp³-hybridized carbons (Fsp3) is 0.407. The summed E-state index contributed by atoms with van der Waals surface area (Å²) in [6.07, 6.45) is 6.58. The number of carbonyl (C=O) groups excluding carboxylic acids is 1. The largest absolute Gasteiger partial charge is 0.463 e. The van der Waals surface area contributed by atoms with Crippen molar-refractivity contribution in [3.8, 4) is 17.1 Å². The van der Waals surface area contributed by atoms with Crippen LogP contribution < -0.4 is 15.4 Å². The smallest absolute Gasteiger partial charge is 0.320 e. The molecule has 1 amide bonds. The molecule has 3 aromatic rings. The fourth-order valence-corrected chi connectivity index (χ4v) is 4.61. The van der Waals surface area contributed by atoms with Crippen LogP contribution in [0.1, 0.15) is 49.4 Å². The number of ether oxygens (including phenoxy) is 1. The maximum absolute atomic E-state index is 12.7. The Kier molecular flexibility index (Phi) is 6.90. The Labute approximate surface area is 206 Å². The van der Waals surface area contributed by atoms with Crippen molar-refractivity contribution in [3.05, 3.63) is 59.4 Å². The average Bonchev–Trinajstić information content (AvgIpc) is 3.49. The molecule has 1 aromatic carbocycles. The predicted molar refractivity (Wildman–Crippen MR) is 136 cm³/mol. The third-order valence-electron chi connectivity index (χ3n) is 6.65. The average molecular weight is 473 g/mol. The van der Waals surface area contributed by atoms with Crippen LogP contribution in [0.25, 0.3) is 11.1 Å². The number of aromatic nitrogens is 3. The van der Waals surface area contributed by atoms with Gasteiger partial charge in [0.25, 0.3) is 0 Å². The topological polar surface area (TPSA) is 97.5 Å². The van der Waals surface area contributed by atoms with Gasteiger partial charge < -0.3 is 10.5 Å². The van der Waals surface area contributed by atoms with E-state index >= 15 is 0 Å². The van der Waals surface area contributed by atoms with Crippen molar-refractivity contribution in [1.82, 2.24) is 19.9 Å². The first-order chi connectivity index (χ1) is 17.1. The number of carbonyl (C=O) groups is 1. The van der Waals surface area contributed by atoms with E-state index in [1.54, 1.807) is 4.90 Å². The maximum atomic E-state index is 12.7. The molecule has 2 aliphatic rings. The highest BCUT2D eigenvalue weighted by molar-refractivity contribution is 6.01. The number of anilines is 2. The number of nitrogen functional groups attached to an aromatic ring is 1. The molecule has 0 radical (unpaired) electrons. The highest BCUT2D eigenvalue weighted by atomic mass is 16.5. The number of benzene rings is 1. The number of rotatable bonds is 9. The normalized spacial score (nSPS) is 15.6. The molecule has 8 nitrogen and oxygen atoms in total. The lowest BCUT2D eigenvalue weighted by Gasteiger charge is -2.17. The molecule has 2 aliphatic heterocycles. The van der Waals surface area contributed by atoms with Gasteiger partial charge in [-0.1, -0.05) is 43.7 Å². The van der Waals surface area contributed by atoms with E-state index in [9.17, 15) is 4.79 Å². The molecule has 0 saturated carbocycles. The molecule has 182 valence electrons. The molecule has 0 bridgehead atoms. The van der Waals surface area contributed by atoms with E-state index < -0.39 is 0 Å². The second-order valence-corrected chi connectivity index (χ2v) is 9.27. The van der Waals surface area contributed by atoms with Gasteiger partial charge in [0.05, 0.1) is 25.3 Å². The lowest BCUT2D eigenvalue weighted by molar-refractivity contribution is -0.117. The molecule has 2 aromatic heterocycles. The Morgan fingerprint density at radius 2 is 1.77 bits per heavy atom.